The lowest BCUT2D eigenvalue weighted by atomic mass is 10.1. The summed E-state index contributed by atoms with van der Waals surface area (Å²) in [6.07, 6.45) is 0.722. The van der Waals surface area contributed by atoms with Crippen LogP contribution in [0.15, 0.2) is 23.1 Å². The molecule has 0 spiro atoms. The van der Waals surface area contributed by atoms with E-state index < -0.39 is 10.0 Å². The van der Waals surface area contributed by atoms with E-state index in [1.54, 1.807) is 19.1 Å². The molecule has 0 saturated heterocycles. The topological polar surface area (TPSA) is 73.2 Å². The molecule has 0 unspecified atom stereocenters. The van der Waals surface area contributed by atoms with Gasteiger partial charge in [-0.25, -0.2) is 13.1 Å². The Hall–Kier alpha value is -1.42. The van der Waals surface area contributed by atoms with Crippen LogP contribution in [-0.4, -0.2) is 40.5 Å². The lowest BCUT2D eigenvalue weighted by Crippen LogP contribution is -2.28. The summed E-state index contributed by atoms with van der Waals surface area (Å²) in [5.74, 6) is 0. The normalized spacial score (nSPS) is 11.5. The van der Waals surface area contributed by atoms with Gasteiger partial charge in [-0.05, 0) is 45.6 Å². The largest absolute Gasteiger partial charge is 0.309 e. The minimum absolute atomic E-state index is 0.0554. The molecule has 0 aromatic heterocycles. The van der Waals surface area contributed by atoms with E-state index in [0.717, 1.165) is 13.0 Å². The van der Waals surface area contributed by atoms with E-state index in [2.05, 4.69) is 4.72 Å². The van der Waals surface area contributed by atoms with Gasteiger partial charge in [0.2, 0.25) is 10.0 Å². The second-order valence-electron chi connectivity index (χ2n) is 4.61. The van der Waals surface area contributed by atoms with Crippen molar-refractivity contribution in [3.05, 3.63) is 29.3 Å². The van der Waals surface area contributed by atoms with E-state index in [1.807, 2.05) is 25.1 Å². The highest BCUT2D eigenvalue weighted by Gasteiger charge is 2.18. The maximum atomic E-state index is 12.1. The van der Waals surface area contributed by atoms with Crippen molar-refractivity contribution in [3.63, 3.8) is 0 Å². The number of nitrogens with zero attached hydrogens (tertiary/aromatic N) is 2. The number of nitriles is 1. The minimum Gasteiger partial charge on any atom is -0.309 e. The van der Waals surface area contributed by atoms with E-state index in [9.17, 15) is 8.42 Å². The molecule has 0 aliphatic carbocycles. The third-order valence-corrected chi connectivity index (χ3v) is 4.21. The summed E-state index contributed by atoms with van der Waals surface area (Å²) in [4.78, 5) is 2.04. The van der Waals surface area contributed by atoms with Gasteiger partial charge in [-0.2, -0.15) is 5.26 Å². The fourth-order valence-electron chi connectivity index (χ4n) is 1.69. The van der Waals surface area contributed by atoms with Crippen LogP contribution in [0.25, 0.3) is 0 Å². The first-order valence-corrected chi connectivity index (χ1v) is 7.51. The lowest BCUT2D eigenvalue weighted by molar-refractivity contribution is 0.400. The van der Waals surface area contributed by atoms with Crippen molar-refractivity contribution >= 4 is 10.0 Å². The van der Waals surface area contributed by atoms with Crippen molar-refractivity contribution in [2.45, 2.75) is 18.2 Å². The van der Waals surface area contributed by atoms with Gasteiger partial charge in [-0.1, -0.05) is 12.1 Å². The van der Waals surface area contributed by atoms with Gasteiger partial charge in [0, 0.05) is 6.54 Å². The fourth-order valence-corrected chi connectivity index (χ4v) is 2.99. The van der Waals surface area contributed by atoms with E-state index in [4.69, 9.17) is 5.26 Å². The second-order valence-corrected chi connectivity index (χ2v) is 6.35. The average Bonchev–Trinajstić information content (AvgIpc) is 2.34. The molecule has 1 aromatic carbocycles. The van der Waals surface area contributed by atoms with Crippen molar-refractivity contribution < 1.29 is 8.42 Å². The lowest BCUT2D eigenvalue weighted by Gasteiger charge is -2.11. The summed E-state index contributed by atoms with van der Waals surface area (Å²) in [6, 6.07) is 6.78. The number of sulfonamides is 1. The molecule has 0 heterocycles. The van der Waals surface area contributed by atoms with Crippen LogP contribution in [0, 0.1) is 18.3 Å². The van der Waals surface area contributed by atoms with E-state index >= 15 is 0 Å². The highest BCUT2D eigenvalue weighted by Crippen LogP contribution is 2.18. The predicted octanol–water partition coefficient (Wildman–Crippen LogP) is 1.10. The summed E-state index contributed by atoms with van der Waals surface area (Å²) in [5, 5.41) is 9.06. The second kappa shape index (κ2) is 6.66. The van der Waals surface area contributed by atoms with Crippen molar-refractivity contribution in [2.75, 3.05) is 27.2 Å². The number of hydrogen-bond donors (Lipinski definition) is 1. The summed E-state index contributed by atoms with van der Waals surface area (Å²) in [7, 11) is 0.252. The number of nitrogens with one attached hydrogen (secondary N) is 1. The number of aryl methyl sites for hydroxylation is 1. The molecule has 1 N–H and O–H groups in total. The molecule has 0 radical (unpaired) electrons. The summed E-state index contributed by atoms with van der Waals surface area (Å²) in [6.45, 7) is 2.89. The molecule has 0 saturated carbocycles. The maximum Gasteiger partial charge on any atom is 0.241 e. The highest BCUT2D eigenvalue weighted by atomic mass is 32.2. The molecule has 5 nitrogen and oxygen atoms in total. The zero-order valence-electron chi connectivity index (χ0n) is 11.5. The minimum atomic E-state index is -3.61. The summed E-state index contributed by atoms with van der Waals surface area (Å²) in [5.41, 5.74) is 0.876. The molecule has 19 heavy (non-hydrogen) atoms. The van der Waals surface area contributed by atoms with Crippen LogP contribution >= 0.6 is 0 Å². The van der Waals surface area contributed by atoms with E-state index in [1.165, 1.54) is 6.07 Å². The molecule has 0 fully saturated rings. The van der Waals surface area contributed by atoms with Gasteiger partial charge in [0.05, 0.1) is 10.5 Å². The first-order valence-electron chi connectivity index (χ1n) is 6.02. The van der Waals surface area contributed by atoms with Crippen molar-refractivity contribution in [1.82, 2.24) is 9.62 Å². The number of benzene rings is 1. The molecule has 6 heteroatoms. The molecular weight excluding hydrogens is 262 g/mol. The Morgan fingerprint density at radius 2 is 2.05 bits per heavy atom. The van der Waals surface area contributed by atoms with Crippen LogP contribution in [0.2, 0.25) is 0 Å². The third-order valence-electron chi connectivity index (χ3n) is 2.71. The van der Waals surface area contributed by atoms with Crippen LogP contribution < -0.4 is 4.72 Å². The number of rotatable bonds is 6. The van der Waals surface area contributed by atoms with Crippen LogP contribution in [0.1, 0.15) is 17.5 Å². The van der Waals surface area contributed by atoms with Gasteiger partial charge in [-0.15, -0.1) is 0 Å². The molecule has 0 bridgehead atoms. The molecule has 104 valence electrons. The first kappa shape index (κ1) is 15.6. The van der Waals surface area contributed by atoms with Gasteiger partial charge in [0.1, 0.15) is 6.07 Å². The highest BCUT2D eigenvalue weighted by molar-refractivity contribution is 7.89. The Bertz CT molecular complexity index is 574. The Morgan fingerprint density at radius 1 is 1.37 bits per heavy atom. The van der Waals surface area contributed by atoms with Gasteiger partial charge in [0.25, 0.3) is 0 Å². The fraction of sp³-hybridized carbons (Fsp3) is 0.462. The molecular formula is C13H19N3O2S. The SMILES string of the molecule is Cc1cccc(S(=O)(=O)NCCCN(C)C)c1C#N. The molecule has 0 aliphatic heterocycles. The van der Waals surface area contributed by atoms with Crippen molar-refractivity contribution in [2.24, 2.45) is 0 Å². The Balaban J connectivity index is 2.84. The van der Waals surface area contributed by atoms with Gasteiger partial charge >= 0.3 is 0 Å². The van der Waals surface area contributed by atoms with Crippen LogP contribution in [-0.2, 0) is 10.0 Å². The van der Waals surface area contributed by atoms with Crippen LogP contribution in [0.4, 0.5) is 0 Å². The molecule has 1 aromatic rings. The smallest absolute Gasteiger partial charge is 0.241 e. The Morgan fingerprint density at radius 3 is 2.63 bits per heavy atom. The van der Waals surface area contributed by atoms with Gasteiger partial charge in [-0.3, -0.25) is 0 Å². The van der Waals surface area contributed by atoms with E-state index in [0.29, 0.717) is 12.1 Å². The predicted molar refractivity (Wildman–Crippen MR) is 74.3 cm³/mol. The zero-order valence-corrected chi connectivity index (χ0v) is 12.3. The van der Waals surface area contributed by atoms with Crippen molar-refractivity contribution in [1.29, 1.82) is 5.26 Å². The first-order chi connectivity index (χ1) is 8.88. The van der Waals surface area contributed by atoms with Gasteiger partial charge in [0.15, 0.2) is 0 Å². The molecule has 0 atom stereocenters. The van der Waals surface area contributed by atoms with Crippen LogP contribution in [0.5, 0.6) is 0 Å². The Kier molecular flexibility index (Phi) is 5.48. The number of hydrogen-bond acceptors (Lipinski definition) is 4. The summed E-state index contributed by atoms with van der Waals surface area (Å²) < 4.78 is 26.8. The van der Waals surface area contributed by atoms with Crippen LogP contribution in [0.3, 0.4) is 0 Å². The average molecular weight is 281 g/mol. The third kappa shape index (κ3) is 4.31. The molecule has 0 amide bonds. The van der Waals surface area contributed by atoms with Crippen molar-refractivity contribution in [3.8, 4) is 6.07 Å². The molecule has 0 aliphatic rings. The quantitative estimate of drug-likeness (QED) is 0.792. The van der Waals surface area contributed by atoms with Gasteiger partial charge < -0.3 is 4.90 Å². The maximum absolute atomic E-state index is 12.1. The zero-order chi connectivity index (χ0) is 14.5. The van der Waals surface area contributed by atoms with E-state index in [-0.39, 0.29) is 10.5 Å². The monoisotopic (exact) mass is 281 g/mol. The standard InChI is InChI=1S/C13H19N3O2S/c1-11-6-4-7-13(12(11)10-14)19(17,18)15-8-5-9-16(2)3/h4,6-7,15H,5,8-9H2,1-3H3. The summed E-state index contributed by atoms with van der Waals surface area (Å²) >= 11 is 0. The molecule has 1 rings (SSSR count). The Labute approximate surface area is 114 Å².